The van der Waals surface area contributed by atoms with E-state index in [2.05, 4.69) is 4.74 Å². The molecule has 10 heteroatoms. The van der Waals surface area contributed by atoms with Crippen LogP contribution in [0.1, 0.15) is 74.1 Å². The first-order valence-electron chi connectivity index (χ1n) is 10.2. The molecule has 0 aliphatic carbocycles. The Balaban J connectivity index is 0. The number of carbonyl (C=O) groups excluding carboxylic acids is 3. The third-order valence-electron chi connectivity index (χ3n) is 3.60. The Bertz CT molecular complexity index is 611. The summed E-state index contributed by atoms with van der Waals surface area (Å²) in [7, 11) is 1.50. The molecule has 1 heterocycles. The molecule has 0 radical (unpaired) electrons. The summed E-state index contributed by atoms with van der Waals surface area (Å²) in [6.07, 6.45) is 2.17. The smallest absolute Gasteiger partial charge is 0.405 e. The van der Waals surface area contributed by atoms with Crippen molar-refractivity contribution in [1.29, 1.82) is 0 Å². The van der Waals surface area contributed by atoms with Crippen molar-refractivity contribution in [2.45, 2.75) is 89.6 Å². The zero-order chi connectivity index (χ0) is 25.0. The van der Waals surface area contributed by atoms with Crippen LogP contribution in [0, 0.1) is 5.92 Å². The van der Waals surface area contributed by atoms with Gasteiger partial charge in [-0.1, -0.05) is 62.5 Å². The molecule has 1 atom stereocenters. The fourth-order valence-electron chi connectivity index (χ4n) is 2.59. The van der Waals surface area contributed by atoms with Gasteiger partial charge in [-0.15, -0.1) is 0 Å². The maximum absolute atomic E-state index is 12.3. The highest BCUT2D eigenvalue weighted by Gasteiger charge is 2.38. The van der Waals surface area contributed by atoms with Crippen molar-refractivity contribution in [2.24, 2.45) is 11.7 Å². The largest absolute Gasteiger partial charge is 0.499 e. The van der Waals surface area contributed by atoms with E-state index in [1.54, 1.807) is 20.8 Å². The molecule has 0 bridgehead atoms. The van der Waals surface area contributed by atoms with Gasteiger partial charge in [0, 0.05) is 12.5 Å². The SMILES string of the molecule is CC.CC(C)(C)OC(N)=O.COC1=CC(=O)N(C(=O)CCCC(Cl)(Cl)Cl)C1CC(C)C. The number of carbonyl (C=O) groups is 3. The lowest BCUT2D eigenvalue weighted by molar-refractivity contribution is -0.143. The third-order valence-corrected chi connectivity index (χ3v) is 4.17. The zero-order valence-corrected chi connectivity index (χ0v) is 22.0. The molecule has 0 aromatic rings. The normalized spacial score (nSPS) is 16.0. The van der Waals surface area contributed by atoms with E-state index in [0.717, 1.165) is 0 Å². The van der Waals surface area contributed by atoms with Crippen LogP contribution >= 0.6 is 34.8 Å². The number of hydrogen-bond donors (Lipinski definition) is 1. The molecule has 7 nitrogen and oxygen atoms in total. The topological polar surface area (TPSA) is 98.9 Å². The summed E-state index contributed by atoms with van der Waals surface area (Å²) < 4.78 is 8.42. The van der Waals surface area contributed by atoms with Gasteiger partial charge in [0.2, 0.25) is 5.91 Å². The number of alkyl halides is 3. The summed E-state index contributed by atoms with van der Waals surface area (Å²) in [6, 6.07) is -0.331. The summed E-state index contributed by atoms with van der Waals surface area (Å²) >= 11 is 17.0. The Hall–Kier alpha value is -1.18. The first-order valence-corrected chi connectivity index (χ1v) is 11.4. The number of amides is 3. The van der Waals surface area contributed by atoms with Crippen molar-refractivity contribution in [1.82, 2.24) is 4.90 Å². The van der Waals surface area contributed by atoms with E-state index in [1.807, 2.05) is 27.7 Å². The van der Waals surface area contributed by atoms with E-state index in [9.17, 15) is 14.4 Å². The highest BCUT2D eigenvalue weighted by molar-refractivity contribution is 6.67. The number of primary amides is 1. The number of imide groups is 1. The van der Waals surface area contributed by atoms with Crippen molar-refractivity contribution in [3.8, 4) is 0 Å². The quantitative estimate of drug-likeness (QED) is 0.465. The van der Waals surface area contributed by atoms with Crippen LogP contribution in [0.3, 0.4) is 0 Å². The highest BCUT2D eigenvalue weighted by Crippen LogP contribution is 2.32. The van der Waals surface area contributed by atoms with Crippen molar-refractivity contribution in [3.05, 3.63) is 11.8 Å². The molecule has 1 rings (SSSR count). The number of halogens is 3. The van der Waals surface area contributed by atoms with Crippen molar-refractivity contribution < 1.29 is 23.9 Å². The second kappa shape index (κ2) is 14.8. The number of nitrogens with zero attached hydrogens (tertiary/aromatic N) is 1. The third kappa shape index (κ3) is 15.3. The van der Waals surface area contributed by atoms with Gasteiger partial charge in [-0.05, 0) is 46.0 Å². The van der Waals surface area contributed by atoms with E-state index in [-0.39, 0.29) is 30.7 Å². The lowest BCUT2D eigenvalue weighted by Crippen LogP contribution is -2.41. The van der Waals surface area contributed by atoms with Crippen LogP contribution in [-0.2, 0) is 19.1 Å². The van der Waals surface area contributed by atoms with E-state index in [4.69, 9.17) is 45.3 Å². The van der Waals surface area contributed by atoms with Crippen molar-refractivity contribution in [3.63, 3.8) is 0 Å². The van der Waals surface area contributed by atoms with Gasteiger partial charge < -0.3 is 15.2 Å². The minimum atomic E-state index is -1.37. The second-order valence-corrected chi connectivity index (χ2v) is 10.5. The summed E-state index contributed by atoms with van der Waals surface area (Å²) in [4.78, 5) is 35.6. The van der Waals surface area contributed by atoms with E-state index >= 15 is 0 Å². The molecular formula is C21H37Cl3N2O5. The highest BCUT2D eigenvalue weighted by atomic mass is 35.6. The summed E-state index contributed by atoms with van der Waals surface area (Å²) in [5, 5.41) is 0. The molecule has 31 heavy (non-hydrogen) atoms. The van der Waals surface area contributed by atoms with Crippen molar-refractivity contribution >= 4 is 52.7 Å². The van der Waals surface area contributed by atoms with Gasteiger partial charge >= 0.3 is 6.09 Å². The molecule has 1 unspecified atom stereocenters. The average molecular weight is 504 g/mol. The van der Waals surface area contributed by atoms with Gasteiger partial charge in [0.25, 0.3) is 5.91 Å². The van der Waals surface area contributed by atoms with E-state index in [0.29, 0.717) is 24.5 Å². The van der Waals surface area contributed by atoms with Gasteiger partial charge in [0.1, 0.15) is 11.4 Å². The van der Waals surface area contributed by atoms with Gasteiger partial charge in [-0.2, -0.15) is 0 Å². The van der Waals surface area contributed by atoms with E-state index in [1.165, 1.54) is 18.1 Å². The van der Waals surface area contributed by atoms with Gasteiger partial charge in [0.15, 0.2) is 3.79 Å². The number of methoxy groups -OCH3 is 1. The maximum Gasteiger partial charge on any atom is 0.405 e. The number of nitrogens with two attached hydrogens (primary N) is 1. The Kier molecular flexibility index (Phi) is 15.3. The Morgan fingerprint density at radius 2 is 1.71 bits per heavy atom. The fourth-order valence-corrected chi connectivity index (χ4v) is 2.99. The Morgan fingerprint density at radius 3 is 2.03 bits per heavy atom. The van der Waals surface area contributed by atoms with Crippen molar-refractivity contribution in [2.75, 3.05) is 7.11 Å². The zero-order valence-electron chi connectivity index (χ0n) is 19.8. The molecule has 182 valence electrons. The predicted octanol–water partition coefficient (Wildman–Crippen LogP) is 5.75. The van der Waals surface area contributed by atoms with Crippen LogP contribution in [0.15, 0.2) is 11.8 Å². The van der Waals surface area contributed by atoms with E-state index < -0.39 is 15.5 Å². The average Bonchev–Trinajstić information content (AvgIpc) is 2.88. The molecule has 2 N–H and O–H groups in total. The molecule has 1 aliphatic rings. The van der Waals surface area contributed by atoms with Crippen LogP contribution in [0.25, 0.3) is 0 Å². The standard InChI is InChI=1S/C14H20Cl3NO3.C5H11NO2.C2H6/c1-9(2)7-10-11(21-3)8-13(20)18(10)12(19)5-4-6-14(15,16)17;1-5(2,3)8-4(6)7;1-2/h8-10H,4-7H2,1-3H3;1-3H3,(H2,6,7);1-2H3. The van der Waals surface area contributed by atoms with Gasteiger partial charge in [-0.25, -0.2) is 4.79 Å². The second-order valence-electron chi connectivity index (χ2n) is 8.00. The van der Waals surface area contributed by atoms with Crippen LogP contribution < -0.4 is 5.73 Å². The minimum Gasteiger partial charge on any atom is -0.499 e. The van der Waals surface area contributed by atoms with Crippen LogP contribution in [0.2, 0.25) is 0 Å². The van der Waals surface area contributed by atoms with Crippen LogP contribution in [-0.4, -0.2) is 45.4 Å². The molecule has 3 amide bonds. The summed E-state index contributed by atoms with van der Waals surface area (Å²) in [5.41, 5.74) is 4.26. The van der Waals surface area contributed by atoms with Crippen LogP contribution in [0.4, 0.5) is 4.79 Å². The monoisotopic (exact) mass is 502 g/mol. The summed E-state index contributed by atoms with van der Waals surface area (Å²) in [6.45, 7) is 13.3. The lowest BCUT2D eigenvalue weighted by Gasteiger charge is -2.26. The Labute approximate surface area is 201 Å². The first kappa shape index (κ1) is 32.0. The minimum absolute atomic E-state index is 0.166. The predicted molar refractivity (Wildman–Crippen MR) is 126 cm³/mol. The lowest BCUT2D eigenvalue weighted by atomic mass is 10.0. The van der Waals surface area contributed by atoms with Gasteiger partial charge in [-0.3, -0.25) is 14.5 Å². The molecular weight excluding hydrogens is 467 g/mol. The number of hydrogen-bond acceptors (Lipinski definition) is 5. The molecule has 0 aromatic heterocycles. The molecule has 0 aromatic carbocycles. The Morgan fingerprint density at radius 1 is 1.19 bits per heavy atom. The molecule has 1 aliphatic heterocycles. The number of rotatable bonds is 6. The maximum atomic E-state index is 12.3. The molecule has 0 saturated carbocycles. The van der Waals surface area contributed by atoms with Gasteiger partial charge in [0.05, 0.1) is 13.2 Å². The molecule has 0 fully saturated rings. The molecule has 0 spiro atoms. The first-order chi connectivity index (χ1) is 14.1. The molecule has 0 saturated heterocycles. The summed E-state index contributed by atoms with van der Waals surface area (Å²) in [5.74, 6) is 0.263. The van der Waals surface area contributed by atoms with Crippen LogP contribution in [0.5, 0.6) is 0 Å². The number of ether oxygens (including phenoxy) is 2. The fraction of sp³-hybridized carbons (Fsp3) is 0.762.